The number of carbonyl (C=O) groups excluding carboxylic acids is 1. The Morgan fingerprint density at radius 3 is 1.67 bits per heavy atom. The predicted octanol–water partition coefficient (Wildman–Crippen LogP) is 2.40. The van der Waals surface area contributed by atoms with E-state index in [1.807, 2.05) is 32.8 Å². The summed E-state index contributed by atoms with van der Waals surface area (Å²) in [6, 6.07) is 7.27. The van der Waals surface area contributed by atoms with Gasteiger partial charge in [-0.1, -0.05) is 32.9 Å². The lowest BCUT2D eigenvalue weighted by atomic mass is 10.2. The molecule has 0 aliphatic rings. The van der Waals surface area contributed by atoms with Gasteiger partial charge in [0.05, 0.1) is 0 Å². The van der Waals surface area contributed by atoms with Crippen molar-refractivity contribution in [3.63, 3.8) is 0 Å². The maximum absolute atomic E-state index is 8.85. The van der Waals surface area contributed by atoms with E-state index in [1.54, 1.807) is 12.1 Å². The minimum Gasteiger partial charge on any atom is -0.508 e. The summed E-state index contributed by atoms with van der Waals surface area (Å²) in [4.78, 5) is 8.00. The molecular weight excluding hydrogens is 192 g/mol. The lowest BCUT2D eigenvalue weighted by Crippen LogP contribution is -1.75. The van der Waals surface area contributed by atoms with Crippen molar-refractivity contribution in [1.29, 1.82) is 0 Å². The number of rotatable bonds is 1. The van der Waals surface area contributed by atoms with E-state index in [2.05, 4.69) is 6.92 Å². The molecule has 1 aromatic rings. The first-order valence-electron chi connectivity index (χ1n) is 4.84. The molecule has 0 aliphatic heterocycles. The van der Waals surface area contributed by atoms with Crippen molar-refractivity contribution in [2.75, 3.05) is 7.11 Å². The topological polar surface area (TPSA) is 57.5 Å². The number of aryl methyl sites for hydroxylation is 1. The fourth-order valence-electron chi connectivity index (χ4n) is 0.732. The van der Waals surface area contributed by atoms with Crippen molar-refractivity contribution in [3.05, 3.63) is 29.8 Å². The van der Waals surface area contributed by atoms with Crippen LogP contribution in [0.3, 0.4) is 0 Å². The van der Waals surface area contributed by atoms with Crippen LogP contribution in [0.2, 0.25) is 0 Å². The van der Waals surface area contributed by atoms with Gasteiger partial charge in [-0.25, -0.2) is 0 Å². The zero-order valence-electron chi connectivity index (χ0n) is 10.0. The number of aliphatic hydroxyl groups is 1. The Balaban J connectivity index is -0.000000208. The number of phenolic OH excluding ortho intramolecular Hbond substituents is 1. The number of aromatic hydroxyl groups is 1. The number of carbonyl (C=O) groups is 1. The van der Waals surface area contributed by atoms with E-state index in [1.165, 1.54) is 5.56 Å². The maximum atomic E-state index is 8.85. The molecule has 0 atom stereocenters. The molecule has 0 saturated heterocycles. The van der Waals surface area contributed by atoms with Gasteiger partial charge in [-0.05, 0) is 24.1 Å². The molecule has 0 radical (unpaired) electrons. The Labute approximate surface area is 92.4 Å². The highest BCUT2D eigenvalue weighted by Crippen LogP contribution is 2.09. The van der Waals surface area contributed by atoms with Crippen LogP contribution in [-0.4, -0.2) is 24.1 Å². The minimum absolute atomic E-state index is 0.340. The quantitative estimate of drug-likeness (QED) is 0.754. The lowest BCUT2D eigenvalue weighted by Gasteiger charge is -1.93. The molecule has 3 nitrogen and oxygen atoms in total. The zero-order valence-corrected chi connectivity index (χ0v) is 10.0. The van der Waals surface area contributed by atoms with E-state index in [-0.39, 0.29) is 0 Å². The summed E-state index contributed by atoms with van der Waals surface area (Å²) in [7, 11) is 1.00. The van der Waals surface area contributed by atoms with Gasteiger partial charge in [-0.3, -0.25) is 0 Å². The predicted molar refractivity (Wildman–Crippen MR) is 64.1 cm³/mol. The molecule has 3 heteroatoms. The first-order chi connectivity index (χ1) is 7.33. The summed E-state index contributed by atoms with van der Waals surface area (Å²) in [6.45, 7) is 8.09. The zero-order chi connectivity index (χ0) is 12.7. The van der Waals surface area contributed by atoms with Gasteiger partial charge in [-0.15, -0.1) is 0 Å². The van der Waals surface area contributed by atoms with Crippen LogP contribution in [0.5, 0.6) is 5.75 Å². The molecule has 0 heterocycles. The smallest absolute Gasteiger partial charge is 0.115 e. The number of hydrogen-bond donors (Lipinski definition) is 2. The van der Waals surface area contributed by atoms with E-state index in [0.717, 1.165) is 13.5 Å². The second kappa shape index (κ2) is 18.4. The second-order valence-electron chi connectivity index (χ2n) is 2.02. The normalized spacial score (nSPS) is 6.73. The fraction of sp³-hybridized carbons (Fsp3) is 0.417. The average Bonchev–Trinajstić information content (AvgIpc) is 2.38. The van der Waals surface area contributed by atoms with Crippen molar-refractivity contribution in [2.45, 2.75) is 27.2 Å². The van der Waals surface area contributed by atoms with Crippen molar-refractivity contribution in [1.82, 2.24) is 0 Å². The van der Waals surface area contributed by atoms with Crippen LogP contribution >= 0.6 is 0 Å². The third-order valence-corrected chi connectivity index (χ3v) is 1.34. The Morgan fingerprint density at radius 2 is 1.40 bits per heavy atom. The number of phenols is 1. The van der Waals surface area contributed by atoms with Crippen LogP contribution in [0.4, 0.5) is 0 Å². The Morgan fingerprint density at radius 1 is 1.07 bits per heavy atom. The Bertz CT molecular complexity index is 195. The highest BCUT2D eigenvalue weighted by Gasteiger charge is 1.86. The molecule has 0 fully saturated rings. The molecule has 2 N–H and O–H groups in total. The van der Waals surface area contributed by atoms with Crippen LogP contribution in [-0.2, 0) is 11.2 Å². The van der Waals surface area contributed by atoms with Crippen molar-refractivity contribution in [2.24, 2.45) is 0 Å². The highest BCUT2D eigenvalue weighted by molar-refractivity contribution is 5.25. The largest absolute Gasteiger partial charge is 0.508 e. The van der Waals surface area contributed by atoms with Gasteiger partial charge in [0.25, 0.3) is 0 Å². The van der Waals surface area contributed by atoms with E-state index >= 15 is 0 Å². The van der Waals surface area contributed by atoms with Crippen molar-refractivity contribution in [3.8, 4) is 5.75 Å². The summed E-state index contributed by atoms with van der Waals surface area (Å²) in [5.74, 6) is 0.340. The fourth-order valence-corrected chi connectivity index (χ4v) is 0.732. The van der Waals surface area contributed by atoms with Crippen LogP contribution < -0.4 is 0 Å². The summed E-state index contributed by atoms with van der Waals surface area (Å²) in [5, 5.41) is 15.9. The number of benzene rings is 1. The minimum atomic E-state index is 0.340. The van der Waals surface area contributed by atoms with Crippen LogP contribution in [0.15, 0.2) is 24.3 Å². The van der Waals surface area contributed by atoms with E-state index in [9.17, 15) is 0 Å². The summed E-state index contributed by atoms with van der Waals surface area (Å²) >= 11 is 0. The number of aliphatic hydroxyl groups excluding tert-OH is 1. The summed E-state index contributed by atoms with van der Waals surface area (Å²) < 4.78 is 0. The molecule has 88 valence electrons. The standard InChI is InChI=1S/C8H10O.C2H6.CH4O.CH2O/c1-2-7-3-5-8(9)6-4-7;3*1-2/h3-6,9H,2H2,1H3;1-2H3;2H,1H3;1H2. The molecule has 15 heavy (non-hydrogen) atoms. The molecule has 0 bridgehead atoms. The first kappa shape index (κ1) is 19.3. The van der Waals surface area contributed by atoms with E-state index < -0.39 is 0 Å². The first-order valence-corrected chi connectivity index (χ1v) is 4.84. The van der Waals surface area contributed by atoms with Crippen LogP contribution in [0, 0.1) is 0 Å². The third-order valence-electron chi connectivity index (χ3n) is 1.34. The molecule has 0 aliphatic carbocycles. The Hall–Kier alpha value is -1.35. The number of hydrogen-bond acceptors (Lipinski definition) is 3. The summed E-state index contributed by atoms with van der Waals surface area (Å²) in [5.41, 5.74) is 1.26. The third kappa shape index (κ3) is 12.6. The average molecular weight is 214 g/mol. The molecule has 1 aromatic carbocycles. The second-order valence-corrected chi connectivity index (χ2v) is 2.02. The van der Waals surface area contributed by atoms with E-state index in [0.29, 0.717) is 5.75 Å². The molecular formula is C12H22O3. The molecule has 0 spiro atoms. The molecule has 1 rings (SSSR count). The SMILES string of the molecule is C=O.CC.CCc1ccc(O)cc1.CO. The van der Waals surface area contributed by atoms with Gasteiger partial charge in [0.1, 0.15) is 12.5 Å². The molecule has 0 aromatic heterocycles. The Kier molecular flexibility index (Phi) is 23.7. The van der Waals surface area contributed by atoms with Crippen LogP contribution in [0.1, 0.15) is 26.3 Å². The molecule has 0 saturated carbocycles. The van der Waals surface area contributed by atoms with Crippen molar-refractivity contribution < 1.29 is 15.0 Å². The van der Waals surface area contributed by atoms with Gasteiger partial charge in [0.2, 0.25) is 0 Å². The molecule has 0 amide bonds. The lowest BCUT2D eigenvalue weighted by molar-refractivity contribution is -0.0979. The monoisotopic (exact) mass is 214 g/mol. The van der Waals surface area contributed by atoms with Gasteiger partial charge < -0.3 is 15.0 Å². The van der Waals surface area contributed by atoms with E-state index in [4.69, 9.17) is 15.0 Å². The van der Waals surface area contributed by atoms with Crippen LogP contribution in [0.25, 0.3) is 0 Å². The van der Waals surface area contributed by atoms with Gasteiger partial charge in [-0.2, -0.15) is 0 Å². The molecule has 0 unspecified atom stereocenters. The van der Waals surface area contributed by atoms with Gasteiger partial charge in [0, 0.05) is 7.11 Å². The van der Waals surface area contributed by atoms with Crippen molar-refractivity contribution >= 4 is 6.79 Å². The maximum Gasteiger partial charge on any atom is 0.115 e. The highest BCUT2D eigenvalue weighted by atomic mass is 16.3. The van der Waals surface area contributed by atoms with Gasteiger partial charge >= 0.3 is 0 Å². The van der Waals surface area contributed by atoms with Gasteiger partial charge in [0.15, 0.2) is 0 Å². The summed E-state index contributed by atoms with van der Waals surface area (Å²) in [6.07, 6.45) is 1.03.